The minimum atomic E-state index is -1.72. The van der Waals surface area contributed by atoms with Gasteiger partial charge in [0.25, 0.3) is 0 Å². The Morgan fingerprint density at radius 3 is 0.901 bits per heavy atom. The van der Waals surface area contributed by atoms with Gasteiger partial charge in [0, 0.05) is 20.9 Å². The topological polar surface area (TPSA) is 0 Å². The van der Waals surface area contributed by atoms with Gasteiger partial charge in [0.1, 0.15) is 0 Å². The van der Waals surface area contributed by atoms with Gasteiger partial charge in [0.05, 0.1) is 0 Å². The van der Waals surface area contributed by atoms with E-state index in [4.69, 9.17) is 33.2 Å². The van der Waals surface area contributed by atoms with Crippen molar-refractivity contribution in [2.75, 3.05) is 0 Å². The smallest absolute Gasteiger partial charge is 0.343 e. The summed E-state index contributed by atoms with van der Waals surface area (Å²) in [5.41, 5.74) is 5.46. The number of hydrogen-bond acceptors (Lipinski definition) is 0. The Morgan fingerprint density at radius 2 is 0.654 bits per heavy atom. The Balaban J connectivity index is 0.000000357. The Labute approximate surface area is 554 Å². The van der Waals surface area contributed by atoms with Crippen molar-refractivity contribution in [3.63, 3.8) is 0 Å². The van der Waals surface area contributed by atoms with E-state index in [0.717, 1.165) is 24.9 Å². The van der Waals surface area contributed by atoms with Crippen LogP contribution >= 0.6 is 72.9 Å². The van der Waals surface area contributed by atoms with Gasteiger partial charge in [0.15, 0.2) is 0 Å². The molecule has 12 heteroatoms. The molecule has 0 bridgehead atoms. The summed E-state index contributed by atoms with van der Waals surface area (Å²) in [4.78, 5) is 0. The average Bonchev–Trinajstić information content (AvgIpc) is 3.50. The molecular formula is C69H70BrCl3Li3P3Si2. The summed E-state index contributed by atoms with van der Waals surface area (Å²) in [6.45, 7) is 6.21. The van der Waals surface area contributed by atoms with Crippen LogP contribution in [0.25, 0.3) is 0 Å². The summed E-state index contributed by atoms with van der Waals surface area (Å²) in [5.74, 6) is 0. The van der Waals surface area contributed by atoms with E-state index in [0.29, 0.717) is 0 Å². The van der Waals surface area contributed by atoms with E-state index in [1.807, 2.05) is 24.3 Å². The molecule has 10 aromatic rings. The van der Waals surface area contributed by atoms with E-state index in [-0.39, 0.29) is 80.3 Å². The predicted molar refractivity (Wildman–Crippen MR) is 363 cm³/mol. The van der Waals surface area contributed by atoms with Gasteiger partial charge in [-0.3, -0.25) is 0 Å². The van der Waals surface area contributed by atoms with E-state index in [1.54, 1.807) is 5.19 Å². The minimum Gasteiger partial charge on any atom is -0.343 e. The third-order valence-corrected chi connectivity index (χ3v) is 21.1. The third kappa shape index (κ3) is 29.1. The number of hydrogen-bond donors (Lipinski definition) is 0. The monoisotopic (exact) mass is 1250 g/mol. The maximum Gasteiger partial charge on any atom is 1.00 e. The standard InChI is InChI=1S/C19H16BrP.2C19H16P.C8H12Si.C4H9.Cl3HSi.3Li/c20-19-14-8-7-9-16(19)15-21(17-10-3-1-4-11-17)18-12-5-2-6-13-18;2*1-4-10-17(11-5-1)16-20(18-12-6-2-7-13-18)19-14-8-3-9-15-19;1-2-7-5-3-4-6-8(7)9;1-3-4-2;1-4(2)3;;;/h1-14H,15H2;2*1-10,12-15H,16H2;3-6H,2H2,1,9H3;1,3-4H2,2H3;4H;;;/q;2*-1;;-1;;3*+1. The summed E-state index contributed by atoms with van der Waals surface area (Å²) in [7, 11) is 0.0949. The predicted octanol–water partition coefficient (Wildman–Crippen LogP) is 7.61. The molecule has 0 saturated carbocycles. The Bertz CT molecular complexity index is 2840. The van der Waals surface area contributed by atoms with Crippen LogP contribution in [0.1, 0.15) is 48.9 Å². The van der Waals surface area contributed by atoms with Crippen molar-refractivity contribution in [2.45, 2.75) is 51.6 Å². The molecule has 0 atom stereocenters. The minimum absolute atomic E-state index is 0. The van der Waals surface area contributed by atoms with Crippen molar-refractivity contribution >= 4 is 127 Å². The van der Waals surface area contributed by atoms with E-state index in [1.165, 1.54) is 81.6 Å². The van der Waals surface area contributed by atoms with Gasteiger partial charge in [-0.1, -0.05) is 271 Å². The van der Waals surface area contributed by atoms with Crippen LogP contribution in [-0.2, 0) is 24.9 Å². The summed E-state index contributed by atoms with van der Waals surface area (Å²) in [6, 6.07) is 105. The summed E-state index contributed by atoms with van der Waals surface area (Å²) in [5, 5.41) is 10.1. The third-order valence-electron chi connectivity index (χ3n) is 11.9. The fourth-order valence-electron chi connectivity index (χ4n) is 7.84. The van der Waals surface area contributed by atoms with E-state index < -0.39 is 6.73 Å². The molecule has 0 spiro atoms. The number of benzene rings is 10. The van der Waals surface area contributed by atoms with Gasteiger partial charge in [0.2, 0.25) is 0 Å². The molecule has 0 unspecified atom stereocenters. The van der Waals surface area contributed by atoms with Crippen molar-refractivity contribution in [3.05, 3.63) is 325 Å². The van der Waals surface area contributed by atoms with Gasteiger partial charge < -0.3 is 6.92 Å². The van der Waals surface area contributed by atoms with Gasteiger partial charge in [-0.05, 0) is 86.0 Å². The largest absolute Gasteiger partial charge is 1.00 e. The zero-order valence-corrected chi connectivity index (χ0v) is 57.6. The van der Waals surface area contributed by atoms with Gasteiger partial charge in [-0.2, -0.15) is 78.2 Å². The Morgan fingerprint density at radius 1 is 0.395 bits per heavy atom. The average molecular weight is 1260 g/mol. The molecule has 0 N–H and O–H groups in total. The fourth-order valence-corrected chi connectivity index (χ4v) is 16.1. The van der Waals surface area contributed by atoms with Crippen LogP contribution in [-0.4, -0.2) is 17.0 Å². The number of rotatable bonds is 14. The van der Waals surface area contributed by atoms with Gasteiger partial charge in [-0.15, -0.1) is 33.2 Å². The van der Waals surface area contributed by atoms with Gasteiger partial charge >= 0.3 is 63.3 Å². The van der Waals surface area contributed by atoms with Crippen LogP contribution in [0.4, 0.5) is 0 Å². The molecule has 0 aliphatic carbocycles. The van der Waals surface area contributed by atoms with Crippen molar-refractivity contribution in [1.29, 1.82) is 0 Å². The molecule has 0 saturated heterocycles. The van der Waals surface area contributed by atoms with E-state index >= 15 is 0 Å². The fraction of sp³-hybridized carbons (Fsp3) is 0.116. The van der Waals surface area contributed by atoms with Crippen LogP contribution in [0.3, 0.4) is 0 Å². The maximum atomic E-state index is 4.94. The molecule has 400 valence electrons. The van der Waals surface area contributed by atoms with Crippen molar-refractivity contribution in [1.82, 2.24) is 0 Å². The second-order valence-electron chi connectivity index (χ2n) is 17.5. The molecular weight excluding hydrogens is 1180 g/mol. The van der Waals surface area contributed by atoms with Crippen LogP contribution in [0.2, 0.25) is 0 Å². The molecule has 0 amide bonds. The normalized spacial score (nSPS) is 9.96. The molecule has 0 aromatic heterocycles. The summed E-state index contributed by atoms with van der Waals surface area (Å²) >= 11 is 18.5. The first kappa shape index (κ1) is 74.2. The molecule has 81 heavy (non-hydrogen) atoms. The first-order chi connectivity index (χ1) is 38.2. The van der Waals surface area contributed by atoms with Crippen molar-refractivity contribution in [2.24, 2.45) is 0 Å². The van der Waals surface area contributed by atoms with Crippen LogP contribution in [0.15, 0.2) is 284 Å². The quantitative estimate of drug-likeness (QED) is 0.0456. The second kappa shape index (κ2) is 45.4. The van der Waals surface area contributed by atoms with Crippen molar-refractivity contribution < 1.29 is 56.6 Å². The Hall–Kier alpha value is -2.93. The zero-order valence-electron chi connectivity index (χ0n) is 47.9. The molecule has 0 heterocycles. The second-order valence-corrected chi connectivity index (χ2v) is 32.5. The van der Waals surface area contributed by atoms with Crippen LogP contribution in [0.5, 0.6) is 0 Å². The molecule has 0 nitrogen and oxygen atoms in total. The Kier molecular flexibility index (Phi) is 41.6. The maximum absolute atomic E-state index is 4.94. The zero-order chi connectivity index (χ0) is 55.4. The van der Waals surface area contributed by atoms with Crippen LogP contribution < -0.4 is 93.6 Å². The van der Waals surface area contributed by atoms with E-state index in [2.05, 4.69) is 304 Å². The molecule has 0 radical (unpaired) electrons. The molecule has 0 fully saturated rings. The summed E-state index contributed by atoms with van der Waals surface area (Å²) < 4.78 is 1.20. The number of unbranched alkanes of at least 4 members (excludes halogenated alkanes) is 1. The molecule has 0 aliphatic heterocycles. The number of halogens is 4. The number of aryl methyl sites for hydroxylation is 1. The molecule has 10 aromatic carbocycles. The SMILES string of the molecule is Brc1ccccc1CP(c1ccccc1)c1ccccc1.CCc1ccccc1[SiH3].Cl[SiH](Cl)Cl.[CH2-]CCC.[Li+].[Li+].[Li+].[c-]1ccccc1CP(c1ccccc1)c1ccccc1.[c-]1ccccc1CP(c1ccccc1)c1ccccc1. The first-order valence-corrected chi connectivity index (χ1v) is 37.8. The molecule has 10 rings (SSSR count). The van der Waals surface area contributed by atoms with E-state index in [9.17, 15) is 0 Å². The van der Waals surface area contributed by atoms with Crippen molar-refractivity contribution in [3.8, 4) is 0 Å². The first-order valence-electron chi connectivity index (χ1n) is 26.2. The van der Waals surface area contributed by atoms with Gasteiger partial charge in [-0.25, -0.2) is 0 Å². The summed E-state index contributed by atoms with van der Waals surface area (Å²) in [6.07, 6.45) is 6.61. The molecule has 0 aliphatic rings. The van der Waals surface area contributed by atoms with Crippen LogP contribution in [0, 0.1) is 19.1 Å².